The summed E-state index contributed by atoms with van der Waals surface area (Å²) in [4.78, 5) is 56.3. The van der Waals surface area contributed by atoms with Crippen LogP contribution < -0.4 is 29.3 Å². The second-order valence-corrected chi connectivity index (χ2v) is 12.7. The van der Waals surface area contributed by atoms with Crippen LogP contribution in [0, 0.1) is 5.92 Å². The van der Waals surface area contributed by atoms with Gasteiger partial charge in [-0.2, -0.15) is 13.2 Å². The Balaban J connectivity index is 1.30. The summed E-state index contributed by atoms with van der Waals surface area (Å²) in [5.74, 6) is -2.50. The highest BCUT2D eigenvalue weighted by atomic mass is 32.2. The minimum atomic E-state index is -4.68. The van der Waals surface area contributed by atoms with E-state index in [9.17, 15) is 32.3 Å². The van der Waals surface area contributed by atoms with Crippen LogP contribution in [-0.4, -0.2) is 48.3 Å². The lowest BCUT2D eigenvalue weighted by molar-refractivity contribution is -0.137. The van der Waals surface area contributed by atoms with Gasteiger partial charge < -0.3 is 24.5 Å². The van der Waals surface area contributed by atoms with Crippen molar-refractivity contribution in [2.24, 2.45) is 5.92 Å². The number of nitrogens with one attached hydrogen (secondary N) is 2. The molecule has 3 aromatic carbocycles. The third-order valence-electron chi connectivity index (χ3n) is 7.61. The molecule has 2 N–H and O–H groups in total. The minimum Gasteiger partial charge on any atom is -0.497 e. The van der Waals surface area contributed by atoms with Gasteiger partial charge in [-0.05, 0) is 67.1 Å². The summed E-state index contributed by atoms with van der Waals surface area (Å²) < 4.78 is 57.2. The Morgan fingerprint density at radius 1 is 0.979 bits per heavy atom. The van der Waals surface area contributed by atoms with E-state index in [1.54, 1.807) is 49.4 Å². The van der Waals surface area contributed by atoms with Crippen LogP contribution in [0.2, 0.25) is 0 Å². The molecular formula is C32H26F3N3O7S2. The Hall–Kier alpha value is -4.76. The van der Waals surface area contributed by atoms with Crippen LogP contribution in [-0.2, 0) is 20.6 Å². The molecule has 0 aliphatic carbocycles. The van der Waals surface area contributed by atoms with E-state index in [1.165, 1.54) is 13.2 Å². The normalized spacial score (nSPS) is 18.8. The summed E-state index contributed by atoms with van der Waals surface area (Å²) >= 11 is 1.90. The number of halogens is 3. The number of anilines is 2. The number of imide groups is 1. The standard InChI is InChI=1S/C32H26F3N3O7S2/c1-3-44-22-13-16(7-12-21(22)45-15-23(39)36-18-8-10-20(43-2)11-9-18)24-25-27(46-28-26(24)47-31(42)37-28)30(41)38(29(25)40)19-6-4-5-17(14-19)32(33,34)35/h4-14,24-25,27H,3,15H2,1-2H3,(H,36,39)(H,37,42)/t24-,25?,27?/m1/s1. The van der Waals surface area contributed by atoms with Gasteiger partial charge in [0.15, 0.2) is 18.1 Å². The highest BCUT2D eigenvalue weighted by Gasteiger charge is 2.56. The highest BCUT2D eigenvalue weighted by molar-refractivity contribution is 8.00. The van der Waals surface area contributed by atoms with Gasteiger partial charge in [-0.1, -0.05) is 35.2 Å². The number of fused-ring (bicyclic) bond motifs is 2. The van der Waals surface area contributed by atoms with E-state index >= 15 is 0 Å². The van der Waals surface area contributed by atoms with Crippen molar-refractivity contribution in [2.75, 3.05) is 30.5 Å². The number of alkyl halides is 3. The lowest BCUT2D eigenvalue weighted by Crippen LogP contribution is -2.32. The summed E-state index contributed by atoms with van der Waals surface area (Å²) in [5, 5.41) is 2.13. The number of carbonyl (C=O) groups excluding carboxylic acids is 3. The third kappa shape index (κ3) is 6.32. The number of thioether (sulfide) groups is 1. The molecule has 10 nitrogen and oxygen atoms in total. The Labute approximate surface area is 273 Å². The van der Waals surface area contributed by atoms with E-state index in [-0.39, 0.29) is 35.3 Å². The zero-order valence-corrected chi connectivity index (χ0v) is 26.4. The number of aromatic nitrogens is 1. The topological polar surface area (TPSA) is 127 Å². The van der Waals surface area contributed by atoms with E-state index in [0.29, 0.717) is 26.9 Å². The molecule has 1 aromatic heterocycles. The summed E-state index contributed by atoms with van der Waals surface area (Å²) in [6.07, 6.45) is -4.68. The zero-order valence-electron chi connectivity index (χ0n) is 24.8. The van der Waals surface area contributed by atoms with E-state index in [1.807, 2.05) is 0 Å². The minimum absolute atomic E-state index is 0.188. The average molecular weight is 686 g/mol. The van der Waals surface area contributed by atoms with E-state index in [2.05, 4.69) is 10.3 Å². The number of H-pyrrole nitrogens is 1. The molecule has 15 heteroatoms. The van der Waals surface area contributed by atoms with Crippen LogP contribution >= 0.6 is 23.1 Å². The van der Waals surface area contributed by atoms with Crippen LogP contribution in [0.4, 0.5) is 24.5 Å². The Morgan fingerprint density at radius 2 is 1.74 bits per heavy atom. The Morgan fingerprint density at radius 3 is 2.45 bits per heavy atom. The van der Waals surface area contributed by atoms with Crippen LogP contribution in [0.15, 0.2) is 76.6 Å². The summed E-state index contributed by atoms with van der Waals surface area (Å²) in [7, 11) is 1.54. The van der Waals surface area contributed by atoms with Crippen LogP contribution in [0.1, 0.15) is 28.8 Å². The van der Waals surface area contributed by atoms with Crippen molar-refractivity contribution >= 4 is 52.2 Å². The van der Waals surface area contributed by atoms with Gasteiger partial charge in [-0.25, -0.2) is 4.90 Å². The molecule has 0 saturated carbocycles. The third-order valence-corrected chi connectivity index (χ3v) is 10.0. The van der Waals surface area contributed by atoms with Gasteiger partial charge in [0, 0.05) is 16.5 Å². The lowest BCUT2D eigenvalue weighted by Gasteiger charge is -2.30. The van der Waals surface area contributed by atoms with Crippen molar-refractivity contribution in [1.29, 1.82) is 0 Å². The largest absolute Gasteiger partial charge is 0.497 e. The van der Waals surface area contributed by atoms with Crippen molar-refractivity contribution in [3.63, 3.8) is 0 Å². The second-order valence-electron chi connectivity index (χ2n) is 10.5. The van der Waals surface area contributed by atoms with E-state index < -0.39 is 46.5 Å². The number of nitrogens with zero attached hydrogens (tertiary/aromatic N) is 1. The van der Waals surface area contributed by atoms with Crippen molar-refractivity contribution in [2.45, 2.75) is 29.3 Å². The van der Waals surface area contributed by atoms with Crippen LogP contribution in [0.25, 0.3) is 0 Å². The number of hydrogen-bond acceptors (Lipinski definition) is 9. The number of rotatable bonds is 9. The van der Waals surface area contributed by atoms with Crippen molar-refractivity contribution < 1.29 is 41.8 Å². The first-order chi connectivity index (χ1) is 22.5. The SMILES string of the molecule is CCOc1cc([C@H]2c3sc(=O)[nH]c3SC3C(=O)N(c4cccc(C(F)(F)F)c4)C(=O)C32)ccc1OCC(=O)Nc1ccc(OC)cc1. The molecule has 244 valence electrons. The number of thiazole rings is 1. The monoisotopic (exact) mass is 685 g/mol. The first-order valence-electron chi connectivity index (χ1n) is 14.3. The molecule has 4 aromatic rings. The molecule has 6 rings (SSSR count). The summed E-state index contributed by atoms with van der Waals surface area (Å²) in [6.45, 7) is 1.63. The zero-order chi connectivity index (χ0) is 33.5. The molecule has 0 spiro atoms. The van der Waals surface area contributed by atoms with Gasteiger partial charge in [0.2, 0.25) is 11.8 Å². The molecule has 0 radical (unpaired) electrons. The van der Waals surface area contributed by atoms with E-state index in [4.69, 9.17) is 14.2 Å². The predicted molar refractivity (Wildman–Crippen MR) is 169 cm³/mol. The maximum atomic E-state index is 14.0. The Bertz CT molecular complexity index is 1910. The maximum absolute atomic E-state index is 14.0. The number of hydrogen-bond donors (Lipinski definition) is 2. The number of benzene rings is 3. The first-order valence-corrected chi connectivity index (χ1v) is 16.0. The van der Waals surface area contributed by atoms with Gasteiger partial charge in [-0.15, -0.1) is 0 Å². The second kappa shape index (κ2) is 12.8. The quantitative estimate of drug-likeness (QED) is 0.216. The molecule has 3 atom stereocenters. The van der Waals surface area contributed by atoms with Gasteiger partial charge in [-0.3, -0.25) is 19.2 Å². The molecule has 1 saturated heterocycles. The number of amides is 3. The summed E-state index contributed by atoms with van der Waals surface area (Å²) in [6, 6.07) is 15.7. The van der Waals surface area contributed by atoms with E-state index in [0.717, 1.165) is 46.2 Å². The van der Waals surface area contributed by atoms with Gasteiger partial charge in [0.1, 0.15) is 11.0 Å². The highest BCUT2D eigenvalue weighted by Crippen LogP contribution is 2.54. The fraction of sp³-hybridized carbons (Fsp3) is 0.250. The molecule has 3 heterocycles. The number of methoxy groups -OCH3 is 1. The van der Waals surface area contributed by atoms with Crippen molar-refractivity contribution in [3.8, 4) is 17.2 Å². The molecule has 2 unspecified atom stereocenters. The fourth-order valence-electron chi connectivity index (χ4n) is 5.57. The smallest absolute Gasteiger partial charge is 0.416 e. The number of carbonyl (C=O) groups is 3. The Kier molecular flexibility index (Phi) is 8.76. The maximum Gasteiger partial charge on any atom is 0.416 e. The van der Waals surface area contributed by atoms with Crippen molar-refractivity contribution in [1.82, 2.24) is 4.98 Å². The van der Waals surface area contributed by atoms with Gasteiger partial charge in [0.05, 0.1) is 35.9 Å². The predicted octanol–water partition coefficient (Wildman–Crippen LogP) is 5.68. The molecular weight excluding hydrogens is 659 g/mol. The molecule has 2 aliphatic rings. The molecule has 2 aliphatic heterocycles. The number of ether oxygens (including phenoxy) is 3. The van der Waals surface area contributed by atoms with Gasteiger partial charge in [0.25, 0.3) is 5.91 Å². The average Bonchev–Trinajstić information content (AvgIpc) is 3.54. The van der Waals surface area contributed by atoms with Crippen LogP contribution in [0.3, 0.4) is 0 Å². The van der Waals surface area contributed by atoms with Crippen molar-refractivity contribution in [3.05, 3.63) is 92.4 Å². The first kappa shape index (κ1) is 32.2. The lowest BCUT2D eigenvalue weighted by atomic mass is 9.83. The summed E-state index contributed by atoms with van der Waals surface area (Å²) in [5.41, 5.74) is -0.122. The van der Waals surface area contributed by atoms with Crippen LogP contribution in [0.5, 0.6) is 17.2 Å². The molecule has 47 heavy (non-hydrogen) atoms. The number of aromatic amines is 1. The van der Waals surface area contributed by atoms with Gasteiger partial charge >= 0.3 is 11.0 Å². The molecule has 0 bridgehead atoms. The molecule has 3 amide bonds. The fourth-order valence-corrected chi connectivity index (χ4v) is 8.09. The molecule has 1 fully saturated rings.